The van der Waals surface area contributed by atoms with Crippen molar-refractivity contribution in [1.82, 2.24) is 4.72 Å². The molecule has 0 bridgehead atoms. The third-order valence-electron chi connectivity index (χ3n) is 3.31. The van der Waals surface area contributed by atoms with Crippen LogP contribution in [0.4, 0.5) is 0 Å². The number of ether oxygens (including phenoxy) is 3. The zero-order chi connectivity index (χ0) is 16.9. The van der Waals surface area contributed by atoms with E-state index in [1.165, 1.54) is 26.4 Å². The molecule has 0 saturated carbocycles. The molecule has 0 aliphatic carbocycles. The molecule has 0 spiro atoms. The van der Waals surface area contributed by atoms with Crippen LogP contribution in [0.5, 0.6) is 17.2 Å². The van der Waals surface area contributed by atoms with Gasteiger partial charge in [0.05, 0.1) is 21.3 Å². The van der Waals surface area contributed by atoms with Gasteiger partial charge in [0, 0.05) is 18.2 Å². The Morgan fingerprint density at radius 3 is 2.26 bits per heavy atom. The fourth-order valence-electron chi connectivity index (χ4n) is 2.10. The first-order chi connectivity index (χ1) is 11.0. The van der Waals surface area contributed by atoms with E-state index in [0.717, 1.165) is 5.56 Å². The maximum Gasteiger partial charge on any atom is 0.244 e. The summed E-state index contributed by atoms with van der Waals surface area (Å²) in [6.45, 7) is 0.113. The molecule has 1 N–H and O–H groups in total. The van der Waals surface area contributed by atoms with E-state index in [1.54, 1.807) is 25.3 Å². The van der Waals surface area contributed by atoms with E-state index < -0.39 is 10.0 Å². The van der Waals surface area contributed by atoms with Crippen LogP contribution in [0.2, 0.25) is 0 Å². The van der Waals surface area contributed by atoms with E-state index in [0.29, 0.717) is 11.5 Å². The molecule has 2 aromatic rings. The summed E-state index contributed by atoms with van der Waals surface area (Å²) in [6, 6.07) is 11.8. The lowest BCUT2D eigenvalue weighted by Crippen LogP contribution is -2.24. The highest BCUT2D eigenvalue weighted by Crippen LogP contribution is 2.28. The molecule has 0 atom stereocenters. The van der Waals surface area contributed by atoms with Gasteiger partial charge >= 0.3 is 0 Å². The third-order valence-corrected chi connectivity index (χ3v) is 4.75. The van der Waals surface area contributed by atoms with Crippen molar-refractivity contribution >= 4 is 10.0 Å². The molecule has 0 unspecified atom stereocenters. The van der Waals surface area contributed by atoms with Crippen molar-refractivity contribution in [3.8, 4) is 17.2 Å². The molecular weight excluding hydrogens is 318 g/mol. The van der Waals surface area contributed by atoms with Crippen LogP contribution in [0, 0.1) is 0 Å². The fraction of sp³-hybridized carbons (Fsp3) is 0.250. The van der Waals surface area contributed by atoms with Crippen LogP contribution in [-0.4, -0.2) is 29.7 Å². The van der Waals surface area contributed by atoms with E-state index in [-0.39, 0.29) is 17.2 Å². The van der Waals surface area contributed by atoms with Crippen molar-refractivity contribution in [3.63, 3.8) is 0 Å². The smallest absolute Gasteiger partial charge is 0.244 e. The molecular formula is C16H19NO5S. The lowest BCUT2D eigenvalue weighted by atomic mass is 10.2. The quantitative estimate of drug-likeness (QED) is 0.838. The van der Waals surface area contributed by atoms with Crippen molar-refractivity contribution in [2.45, 2.75) is 11.4 Å². The van der Waals surface area contributed by atoms with Crippen LogP contribution in [0.25, 0.3) is 0 Å². The van der Waals surface area contributed by atoms with E-state index in [9.17, 15) is 8.42 Å². The van der Waals surface area contributed by atoms with Gasteiger partial charge in [-0.05, 0) is 18.2 Å². The average molecular weight is 337 g/mol. The maximum absolute atomic E-state index is 12.5. The Hall–Kier alpha value is -2.25. The molecule has 0 saturated heterocycles. The standard InChI is InChI=1S/C16H19NO5S/c1-20-13-8-9-16(15(10-13)22-3)23(18,19)17-11-12-6-4-5-7-14(12)21-2/h4-10,17H,11H2,1-3H3. The number of para-hydroxylation sites is 1. The first-order valence-corrected chi connectivity index (χ1v) is 8.33. The molecule has 0 amide bonds. The van der Waals surface area contributed by atoms with Gasteiger partial charge in [-0.1, -0.05) is 18.2 Å². The monoisotopic (exact) mass is 337 g/mol. The van der Waals surface area contributed by atoms with Gasteiger partial charge in [-0.25, -0.2) is 13.1 Å². The van der Waals surface area contributed by atoms with Crippen molar-refractivity contribution in [2.24, 2.45) is 0 Å². The SMILES string of the molecule is COc1ccc(S(=O)(=O)NCc2ccccc2OC)c(OC)c1. The molecule has 0 aromatic heterocycles. The number of benzene rings is 2. The highest BCUT2D eigenvalue weighted by molar-refractivity contribution is 7.89. The predicted molar refractivity (Wildman–Crippen MR) is 86.6 cm³/mol. The summed E-state index contributed by atoms with van der Waals surface area (Å²) in [6.07, 6.45) is 0. The largest absolute Gasteiger partial charge is 0.497 e. The predicted octanol–water partition coefficient (Wildman–Crippen LogP) is 2.19. The second-order valence-corrected chi connectivity index (χ2v) is 6.39. The Balaban J connectivity index is 2.25. The van der Waals surface area contributed by atoms with Gasteiger partial charge in [0.2, 0.25) is 10.0 Å². The summed E-state index contributed by atoms with van der Waals surface area (Å²) in [5.74, 6) is 1.36. The number of nitrogens with one attached hydrogen (secondary N) is 1. The highest BCUT2D eigenvalue weighted by Gasteiger charge is 2.20. The number of hydrogen-bond acceptors (Lipinski definition) is 5. The summed E-state index contributed by atoms with van der Waals surface area (Å²) in [5.41, 5.74) is 0.742. The van der Waals surface area contributed by atoms with Crippen LogP contribution in [0.1, 0.15) is 5.56 Å². The third kappa shape index (κ3) is 3.94. The van der Waals surface area contributed by atoms with Crippen LogP contribution >= 0.6 is 0 Å². The molecule has 7 heteroatoms. The van der Waals surface area contributed by atoms with Gasteiger partial charge in [-0.2, -0.15) is 0 Å². The van der Waals surface area contributed by atoms with Gasteiger partial charge in [0.25, 0.3) is 0 Å². The molecule has 0 heterocycles. The normalized spacial score (nSPS) is 11.1. The minimum absolute atomic E-state index is 0.0516. The molecule has 23 heavy (non-hydrogen) atoms. The zero-order valence-corrected chi connectivity index (χ0v) is 14.0. The summed E-state index contributed by atoms with van der Waals surface area (Å²) >= 11 is 0. The second kappa shape index (κ2) is 7.34. The summed E-state index contributed by atoms with van der Waals surface area (Å²) in [7, 11) is 0.718. The first kappa shape index (κ1) is 17.1. The molecule has 0 fully saturated rings. The molecule has 0 radical (unpaired) electrons. The van der Waals surface area contributed by atoms with E-state index in [4.69, 9.17) is 14.2 Å². The summed E-state index contributed by atoms with van der Waals surface area (Å²) in [5, 5.41) is 0. The van der Waals surface area contributed by atoms with Crippen LogP contribution < -0.4 is 18.9 Å². The van der Waals surface area contributed by atoms with Crippen molar-refractivity contribution in [1.29, 1.82) is 0 Å². The Bertz CT molecular complexity index is 774. The highest BCUT2D eigenvalue weighted by atomic mass is 32.2. The van der Waals surface area contributed by atoms with Gasteiger partial charge < -0.3 is 14.2 Å². The first-order valence-electron chi connectivity index (χ1n) is 6.85. The Morgan fingerprint density at radius 1 is 0.913 bits per heavy atom. The number of methoxy groups -OCH3 is 3. The minimum Gasteiger partial charge on any atom is -0.497 e. The zero-order valence-electron chi connectivity index (χ0n) is 13.2. The number of rotatable bonds is 7. The Morgan fingerprint density at radius 2 is 1.61 bits per heavy atom. The maximum atomic E-state index is 12.5. The Labute approximate surface area is 136 Å². The molecule has 6 nitrogen and oxygen atoms in total. The average Bonchev–Trinajstić information content (AvgIpc) is 2.59. The lowest BCUT2D eigenvalue weighted by molar-refractivity contribution is 0.386. The van der Waals surface area contributed by atoms with Crippen molar-refractivity contribution in [2.75, 3.05) is 21.3 Å². The number of sulfonamides is 1. The van der Waals surface area contributed by atoms with Crippen molar-refractivity contribution in [3.05, 3.63) is 48.0 Å². The van der Waals surface area contributed by atoms with E-state index in [1.807, 2.05) is 12.1 Å². The van der Waals surface area contributed by atoms with Gasteiger partial charge in [0.1, 0.15) is 22.1 Å². The van der Waals surface area contributed by atoms with E-state index in [2.05, 4.69) is 4.72 Å². The topological polar surface area (TPSA) is 73.9 Å². The molecule has 124 valence electrons. The molecule has 2 rings (SSSR count). The van der Waals surface area contributed by atoms with Crippen LogP contribution in [-0.2, 0) is 16.6 Å². The fourth-order valence-corrected chi connectivity index (χ4v) is 3.25. The minimum atomic E-state index is -3.74. The molecule has 0 aliphatic heterocycles. The van der Waals surface area contributed by atoms with Gasteiger partial charge in [-0.15, -0.1) is 0 Å². The van der Waals surface area contributed by atoms with Crippen LogP contribution in [0.3, 0.4) is 0 Å². The second-order valence-electron chi connectivity index (χ2n) is 4.65. The Kier molecular flexibility index (Phi) is 5.46. The molecule has 2 aromatic carbocycles. The summed E-state index contributed by atoms with van der Waals surface area (Å²) in [4.78, 5) is 0.0516. The van der Waals surface area contributed by atoms with Crippen molar-refractivity contribution < 1.29 is 22.6 Å². The van der Waals surface area contributed by atoms with Gasteiger partial charge in [-0.3, -0.25) is 0 Å². The van der Waals surface area contributed by atoms with Crippen LogP contribution in [0.15, 0.2) is 47.4 Å². The molecule has 0 aliphatic rings. The van der Waals surface area contributed by atoms with Gasteiger partial charge in [0.15, 0.2) is 0 Å². The summed E-state index contributed by atoms with van der Waals surface area (Å²) < 4.78 is 43.0. The van der Waals surface area contributed by atoms with E-state index >= 15 is 0 Å². The number of hydrogen-bond donors (Lipinski definition) is 1. The lowest BCUT2D eigenvalue weighted by Gasteiger charge is -2.13.